The lowest BCUT2D eigenvalue weighted by atomic mass is 10.4. The van der Waals surface area contributed by atoms with Crippen LogP contribution in [0.25, 0.3) is 0 Å². The average Bonchev–Trinajstić information content (AvgIpc) is 2.62. The van der Waals surface area contributed by atoms with Gasteiger partial charge in [-0.25, -0.2) is 0 Å². The van der Waals surface area contributed by atoms with Gasteiger partial charge in [0.2, 0.25) is 0 Å². The topological polar surface area (TPSA) is 29.1 Å². The van der Waals surface area contributed by atoms with Crippen LogP contribution in [0.15, 0.2) is 12.2 Å². The van der Waals surface area contributed by atoms with Gasteiger partial charge < -0.3 is 5.32 Å². The van der Waals surface area contributed by atoms with Crippen LogP contribution in [0.1, 0.15) is 19.8 Å². The van der Waals surface area contributed by atoms with Crippen molar-refractivity contribution < 1.29 is 4.79 Å². The van der Waals surface area contributed by atoms with Crippen molar-refractivity contribution in [3.8, 4) is 0 Å². The van der Waals surface area contributed by atoms with Gasteiger partial charge in [-0.1, -0.05) is 6.08 Å². The zero-order valence-corrected chi connectivity index (χ0v) is 6.26. The summed E-state index contributed by atoms with van der Waals surface area (Å²) in [6, 6.07) is 0.733. The summed E-state index contributed by atoms with van der Waals surface area (Å²) < 4.78 is 0. The minimum Gasteiger partial charge on any atom is -0.311 e. The van der Waals surface area contributed by atoms with E-state index in [2.05, 4.69) is 5.32 Å². The van der Waals surface area contributed by atoms with Crippen LogP contribution in [0, 0.1) is 0 Å². The maximum absolute atomic E-state index is 10.4. The van der Waals surface area contributed by atoms with E-state index in [0.29, 0.717) is 0 Å². The molecule has 56 valence electrons. The molecular weight excluding hydrogens is 126 g/mol. The molecule has 2 heteroatoms. The van der Waals surface area contributed by atoms with Crippen molar-refractivity contribution in [2.45, 2.75) is 25.8 Å². The van der Waals surface area contributed by atoms with Crippen molar-refractivity contribution in [1.82, 2.24) is 5.32 Å². The first-order chi connectivity index (χ1) is 4.79. The predicted molar refractivity (Wildman–Crippen MR) is 40.8 cm³/mol. The summed E-state index contributed by atoms with van der Waals surface area (Å²) >= 11 is 0. The molecule has 1 N–H and O–H groups in total. The van der Waals surface area contributed by atoms with E-state index in [1.165, 1.54) is 12.8 Å². The monoisotopic (exact) mass is 139 g/mol. The minimum atomic E-state index is 0.123. The number of allylic oxidation sites excluding steroid dienone is 1. The zero-order chi connectivity index (χ0) is 7.40. The van der Waals surface area contributed by atoms with Gasteiger partial charge >= 0.3 is 0 Å². The highest BCUT2D eigenvalue weighted by atomic mass is 16.1. The van der Waals surface area contributed by atoms with Gasteiger partial charge in [0.15, 0.2) is 5.78 Å². The summed E-state index contributed by atoms with van der Waals surface area (Å²) in [4.78, 5) is 10.4. The number of nitrogens with one attached hydrogen (secondary N) is 1. The molecule has 1 fully saturated rings. The second-order valence-corrected chi connectivity index (χ2v) is 2.70. The Bertz CT molecular complexity index is 147. The molecule has 0 aromatic carbocycles. The second kappa shape index (κ2) is 3.52. The van der Waals surface area contributed by atoms with Crippen molar-refractivity contribution in [3.05, 3.63) is 12.2 Å². The summed E-state index contributed by atoms with van der Waals surface area (Å²) in [5, 5.41) is 3.27. The molecule has 0 unspecified atom stereocenters. The number of carbonyl (C=O) groups excluding carboxylic acids is 1. The summed E-state index contributed by atoms with van der Waals surface area (Å²) in [5.41, 5.74) is 0. The van der Waals surface area contributed by atoms with Gasteiger partial charge in [0.05, 0.1) is 0 Å². The van der Waals surface area contributed by atoms with Crippen LogP contribution in [0.3, 0.4) is 0 Å². The molecule has 0 amide bonds. The molecule has 0 heterocycles. The second-order valence-electron chi connectivity index (χ2n) is 2.70. The lowest BCUT2D eigenvalue weighted by Gasteiger charge is -1.93. The molecule has 0 atom stereocenters. The van der Waals surface area contributed by atoms with Crippen LogP contribution in [0.4, 0.5) is 0 Å². The number of hydrogen-bond donors (Lipinski definition) is 1. The Morgan fingerprint density at radius 1 is 1.70 bits per heavy atom. The summed E-state index contributed by atoms with van der Waals surface area (Å²) in [6.45, 7) is 2.40. The maximum atomic E-state index is 10.4. The molecular formula is C8H13NO. The molecule has 0 aromatic heterocycles. The Hall–Kier alpha value is -0.630. The third kappa shape index (κ3) is 3.41. The third-order valence-electron chi connectivity index (χ3n) is 1.45. The Kier molecular flexibility index (Phi) is 2.63. The molecule has 2 nitrogen and oxygen atoms in total. The Morgan fingerprint density at radius 3 is 2.90 bits per heavy atom. The van der Waals surface area contributed by atoms with Crippen molar-refractivity contribution in [2.75, 3.05) is 6.54 Å². The van der Waals surface area contributed by atoms with E-state index in [1.54, 1.807) is 13.0 Å². The van der Waals surface area contributed by atoms with Crippen molar-refractivity contribution in [2.24, 2.45) is 0 Å². The molecule has 10 heavy (non-hydrogen) atoms. The van der Waals surface area contributed by atoms with Crippen LogP contribution in [-0.4, -0.2) is 18.4 Å². The molecule has 0 bridgehead atoms. The summed E-state index contributed by atoms with van der Waals surface area (Å²) in [5.74, 6) is 0.123. The smallest absolute Gasteiger partial charge is 0.152 e. The largest absolute Gasteiger partial charge is 0.311 e. The van der Waals surface area contributed by atoms with Gasteiger partial charge in [-0.15, -0.1) is 0 Å². The Labute approximate surface area is 61.3 Å². The van der Waals surface area contributed by atoms with Gasteiger partial charge in [-0.3, -0.25) is 4.79 Å². The van der Waals surface area contributed by atoms with Gasteiger partial charge in [0.1, 0.15) is 0 Å². The fraction of sp³-hybridized carbons (Fsp3) is 0.625. The quantitative estimate of drug-likeness (QED) is 0.586. The van der Waals surface area contributed by atoms with Crippen molar-refractivity contribution in [3.63, 3.8) is 0 Å². The normalized spacial score (nSPS) is 18.1. The fourth-order valence-electron chi connectivity index (χ4n) is 0.747. The lowest BCUT2D eigenvalue weighted by Crippen LogP contribution is -2.15. The number of rotatable bonds is 4. The van der Waals surface area contributed by atoms with E-state index in [0.717, 1.165) is 12.6 Å². The summed E-state index contributed by atoms with van der Waals surface area (Å²) in [6.07, 6.45) is 6.08. The van der Waals surface area contributed by atoms with Gasteiger partial charge in [-0.2, -0.15) is 0 Å². The van der Waals surface area contributed by atoms with Crippen LogP contribution in [0.2, 0.25) is 0 Å². The highest BCUT2D eigenvalue weighted by molar-refractivity contribution is 5.87. The minimum absolute atomic E-state index is 0.123. The number of ketones is 1. The lowest BCUT2D eigenvalue weighted by molar-refractivity contribution is -0.112. The number of hydrogen-bond acceptors (Lipinski definition) is 2. The Morgan fingerprint density at radius 2 is 2.40 bits per heavy atom. The number of carbonyl (C=O) groups is 1. The van der Waals surface area contributed by atoms with E-state index in [1.807, 2.05) is 6.08 Å². The molecule has 0 saturated heterocycles. The molecule has 0 aromatic rings. The maximum Gasteiger partial charge on any atom is 0.152 e. The van der Waals surface area contributed by atoms with Gasteiger partial charge in [-0.05, 0) is 25.8 Å². The highest BCUT2D eigenvalue weighted by Gasteiger charge is 2.18. The molecule has 1 aliphatic rings. The van der Waals surface area contributed by atoms with E-state index in [-0.39, 0.29) is 5.78 Å². The van der Waals surface area contributed by atoms with Gasteiger partial charge in [0.25, 0.3) is 0 Å². The van der Waals surface area contributed by atoms with E-state index < -0.39 is 0 Å². The van der Waals surface area contributed by atoms with Crippen LogP contribution in [0.5, 0.6) is 0 Å². The molecule has 1 rings (SSSR count). The first-order valence-corrected chi connectivity index (χ1v) is 3.69. The zero-order valence-electron chi connectivity index (χ0n) is 6.26. The van der Waals surface area contributed by atoms with Crippen LogP contribution in [-0.2, 0) is 4.79 Å². The molecule has 1 aliphatic carbocycles. The standard InChI is InChI=1S/C8H13NO/c1-7(10)3-2-6-9-8-4-5-8/h2-3,8-9H,4-6H2,1H3/b3-2+. The Balaban J connectivity index is 1.97. The third-order valence-corrected chi connectivity index (χ3v) is 1.45. The van der Waals surface area contributed by atoms with E-state index in [4.69, 9.17) is 0 Å². The van der Waals surface area contributed by atoms with E-state index in [9.17, 15) is 4.79 Å². The molecule has 0 aliphatic heterocycles. The predicted octanol–water partition coefficient (Wildman–Crippen LogP) is 0.884. The molecule has 0 radical (unpaired) electrons. The SMILES string of the molecule is CC(=O)/C=C/CNC1CC1. The first kappa shape index (κ1) is 7.48. The first-order valence-electron chi connectivity index (χ1n) is 3.69. The van der Waals surface area contributed by atoms with Crippen molar-refractivity contribution >= 4 is 5.78 Å². The molecule has 0 spiro atoms. The highest BCUT2D eigenvalue weighted by Crippen LogP contribution is 2.17. The fourth-order valence-corrected chi connectivity index (χ4v) is 0.747. The molecule has 1 saturated carbocycles. The van der Waals surface area contributed by atoms with E-state index >= 15 is 0 Å². The van der Waals surface area contributed by atoms with Gasteiger partial charge in [0, 0.05) is 12.6 Å². The van der Waals surface area contributed by atoms with Crippen LogP contribution >= 0.6 is 0 Å². The van der Waals surface area contributed by atoms with Crippen molar-refractivity contribution in [1.29, 1.82) is 0 Å². The van der Waals surface area contributed by atoms with Crippen LogP contribution < -0.4 is 5.32 Å². The average molecular weight is 139 g/mol. The summed E-state index contributed by atoms with van der Waals surface area (Å²) in [7, 11) is 0.